The number of sulfonamides is 1. The van der Waals surface area contributed by atoms with E-state index in [2.05, 4.69) is 4.72 Å². The van der Waals surface area contributed by atoms with E-state index in [1.54, 1.807) is 12.1 Å². The Morgan fingerprint density at radius 3 is 2.00 bits per heavy atom. The molecule has 0 atom stereocenters. The molecule has 2 aromatic rings. The van der Waals surface area contributed by atoms with Crippen molar-refractivity contribution in [1.82, 2.24) is 4.72 Å². The zero-order chi connectivity index (χ0) is 15.6. The first kappa shape index (κ1) is 16.0. The Morgan fingerprint density at radius 1 is 0.857 bits per heavy atom. The highest BCUT2D eigenvalue weighted by Crippen LogP contribution is 2.21. The number of fused-ring (bicyclic) bond motifs is 1. The van der Waals surface area contributed by atoms with Gasteiger partial charge in [0.1, 0.15) is 0 Å². The lowest BCUT2D eigenvalue weighted by Gasteiger charge is -2.25. The molecule has 0 bridgehead atoms. The fourth-order valence-corrected chi connectivity index (χ4v) is 4.19. The Labute approximate surface area is 127 Å². The minimum atomic E-state index is -3.49. The highest BCUT2D eigenvalue weighted by Gasteiger charge is 2.24. The summed E-state index contributed by atoms with van der Waals surface area (Å²) in [4.78, 5) is 0.326. The first-order chi connectivity index (χ1) is 9.81. The predicted molar refractivity (Wildman–Crippen MR) is 87.7 cm³/mol. The SMILES string of the molecule is CC(C)C(NS(=O)(=O)c1ccc2ccccc2c1)C(C)C. The summed E-state index contributed by atoms with van der Waals surface area (Å²) in [7, 11) is -3.49. The summed E-state index contributed by atoms with van der Waals surface area (Å²) >= 11 is 0. The van der Waals surface area contributed by atoms with Gasteiger partial charge in [-0.1, -0.05) is 58.0 Å². The second-order valence-electron chi connectivity index (χ2n) is 6.14. The number of nitrogens with one attached hydrogen (secondary N) is 1. The molecule has 0 spiro atoms. The number of hydrogen-bond acceptors (Lipinski definition) is 2. The smallest absolute Gasteiger partial charge is 0.208 e. The van der Waals surface area contributed by atoms with Gasteiger partial charge >= 0.3 is 0 Å². The Kier molecular flexibility index (Phi) is 4.69. The standard InChI is InChI=1S/C17H23NO2S/c1-12(2)17(13(3)4)18-21(19,20)16-10-9-14-7-5-6-8-15(14)11-16/h5-13,17-18H,1-4H3. The summed E-state index contributed by atoms with van der Waals surface area (Å²) in [5.41, 5.74) is 0. The van der Waals surface area contributed by atoms with Gasteiger partial charge in [-0.3, -0.25) is 0 Å². The molecular formula is C17H23NO2S. The summed E-state index contributed by atoms with van der Waals surface area (Å²) in [6.07, 6.45) is 0. The van der Waals surface area contributed by atoms with E-state index in [1.165, 1.54) is 0 Å². The lowest BCUT2D eigenvalue weighted by molar-refractivity contribution is 0.355. The van der Waals surface area contributed by atoms with Gasteiger partial charge < -0.3 is 0 Å². The van der Waals surface area contributed by atoms with E-state index >= 15 is 0 Å². The van der Waals surface area contributed by atoms with Gasteiger partial charge in [-0.15, -0.1) is 0 Å². The minimum Gasteiger partial charge on any atom is -0.208 e. The van der Waals surface area contributed by atoms with Crippen molar-refractivity contribution >= 4 is 20.8 Å². The van der Waals surface area contributed by atoms with Crippen LogP contribution in [-0.2, 0) is 10.0 Å². The maximum absolute atomic E-state index is 12.6. The second kappa shape index (κ2) is 6.16. The van der Waals surface area contributed by atoms with Gasteiger partial charge in [-0.2, -0.15) is 0 Å². The maximum atomic E-state index is 12.6. The van der Waals surface area contributed by atoms with Crippen LogP contribution < -0.4 is 4.72 Å². The second-order valence-corrected chi connectivity index (χ2v) is 7.86. The average Bonchev–Trinajstić information content (AvgIpc) is 2.43. The van der Waals surface area contributed by atoms with Crippen molar-refractivity contribution < 1.29 is 8.42 Å². The van der Waals surface area contributed by atoms with Gasteiger partial charge in [0.05, 0.1) is 4.90 Å². The molecule has 0 fully saturated rings. The molecule has 0 heterocycles. The van der Waals surface area contributed by atoms with Crippen molar-refractivity contribution in [3.63, 3.8) is 0 Å². The van der Waals surface area contributed by atoms with Gasteiger partial charge in [-0.05, 0) is 34.7 Å². The van der Waals surface area contributed by atoms with E-state index < -0.39 is 10.0 Å². The predicted octanol–water partition coefficient (Wildman–Crippen LogP) is 3.80. The molecule has 0 saturated carbocycles. The van der Waals surface area contributed by atoms with Crippen LogP contribution in [0.4, 0.5) is 0 Å². The third-order valence-corrected chi connectivity index (χ3v) is 5.22. The maximum Gasteiger partial charge on any atom is 0.240 e. The van der Waals surface area contributed by atoms with Crippen LogP contribution in [0, 0.1) is 11.8 Å². The molecule has 0 aliphatic carbocycles. The van der Waals surface area contributed by atoms with Gasteiger partial charge in [0, 0.05) is 6.04 Å². The zero-order valence-electron chi connectivity index (χ0n) is 13.0. The normalized spacial score (nSPS) is 12.7. The summed E-state index contributed by atoms with van der Waals surface area (Å²) in [5.74, 6) is 0.500. The van der Waals surface area contributed by atoms with E-state index in [1.807, 2.05) is 58.0 Å². The third kappa shape index (κ3) is 3.63. The molecule has 0 aliphatic heterocycles. The van der Waals surface area contributed by atoms with E-state index in [0.717, 1.165) is 10.8 Å². The van der Waals surface area contributed by atoms with Crippen LogP contribution in [0.2, 0.25) is 0 Å². The highest BCUT2D eigenvalue weighted by atomic mass is 32.2. The Morgan fingerprint density at radius 2 is 1.43 bits per heavy atom. The fourth-order valence-electron chi connectivity index (χ4n) is 2.62. The van der Waals surface area contributed by atoms with Crippen molar-refractivity contribution in [3.8, 4) is 0 Å². The van der Waals surface area contributed by atoms with Crippen molar-refractivity contribution in [3.05, 3.63) is 42.5 Å². The summed E-state index contributed by atoms with van der Waals surface area (Å²) in [6, 6.07) is 12.9. The van der Waals surface area contributed by atoms with Crippen LogP contribution in [0.3, 0.4) is 0 Å². The molecule has 0 saturated heterocycles. The molecule has 21 heavy (non-hydrogen) atoms. The molecule has 0 unspecified atom stereocenters. The number of benzene rings is 2. The summed E-state index contributed by atoms with van der Waals surface area (Å²) in [5, 5.41) is 1.98. The van der Waals surface area contributed by atoms with Gasteiger partial charge in [-0.25, -0.2) is 13.1 Å². The molecule has 114 valence electrons. The molecule has 1 N–H and O–H groups in total. The lowest BCUT2D eigenvalue weighted by atomic mass is 9.94. The quantitative estimate of drug-likeness (QED) is 0.913. The lowest BCUT2D eigenvalue weighted by Crippen LogP contribution is -2.42. The molecule has 0 aliphatic rings. The fraction of sp³-hybridized carbons (Fsp3) is 0.412. The van der Waals surface area contributed by atoms with Crippen LogP contribution in [0.15, 0.2) is 47.4 Å². The van der Waals surface area contributed by atoms with Crippen molar-refractivity contribution in [2.24, 2.45) is 11.8 Å². The Bertz CT molecular complexity index is 712. The minimum absolute atomic E-state index is 0.0681. The largest absolute Gasteiger partial charge is 0.240 e. The Hall–Kier alpha value is -1.39. The van der Waals surface area contributed by atoms with Crippen LogP contribution >= 0.6 is 0 Å². The highest BCUT2D eigenvalue weighted by molar-refractivity contribution is 7.89. The monoisotopic (exact) mass is 305 g/mol. The first-order valence-corrected chi connectivity index (χ1v) is 8.80. The molecule has 0 amide bonds. The number of hydrogen-bond donors (Lipinski definition) is 1. The van der Waals surface area contributed by atoms with Crippen LogP contribution in [0.25, 0.3) is 10.8 Å². The average molecular weight is 305 g/mol. The molecule has 3 nitrogen and oxygen atoms in total. The topological polar surface area (TPSA) is 46.2 Å². The van der Waals surface area contributed by atoms with E-state index in [-0.39, 0.29) is 17.9 Å². The van der Waals surface area contributed by atoms with Crippen molar-refractivity contribution in [2.45, 2.75) is 38.6 Å². The van der Waals surface area contributed by atoms with Crippen LogP contribution in [0.5, 0.6) is 0 Å². The number of rotatable bonds is 5. The zero-order valence-corrected chi connectivity index (χ0v) is 13.8. The van der Waals surface area contributed by atoms with E-state index in [4.69, 9.17) is 0 Å². The van der Waals surface area contributed by atoms with Gasteiger partial charge in [0.15, 0.2) is 0 Å². The van der Waals surface area contributed by atoms with Gasteiger partial charge in [0.2, 0.25) is 10.0 Å². The van der Waals surface area contributed by atoms with Crippen LogP contribution in [-0.4, -0.2) is 14.5 Å². The molecular weight excluding hydrogens is 282 g/mol. The van der Waals surface area contributed by atoms with E-state index in [0.29, 0.717) is 4.90 Å². The van der Waals surface area contributed by atoms with Crippen molar-refractivity contribution in [1.29, 1.82) is 0 Å². The molecule has 0 aromatic heterocycles. The van der Waals surface area contributed by atoms with Gasteiger partial charge in [0.25, 0.3) is 0 Å². The third-order valence-electron chi connectivity index (χ3n) is 3.76. The Balaban J connectivity index is 2.37. The van der Waals surface area contributed by atoms with E-state index in [9.17, 15) is 8.42 Å². The van der Waals surface area contributed by atoms with Crippen LogP contribution in [0.1, 0.15) is 27.7 Å². The summed E-state index contributed by atoms with van der Waals surface area (Å²) < 4.78 is 28.0. The molecule has 4 heteroatoms. The first-order valence-electron chi connectivity index (χ1n) is 7.32. The molecule has 2 rings (SSSR count). The summed E-state index contributed by atoms with van der Waals surface area (Å²) in [6.45, 7) is 8.14. The molecule has 2 aromatic carbocycles. The molecule has 0 radical (unpaired) electrons. The van der Waals surface area contributed by atoms with Crippen molar-refractivity contribution in [2.75, 3.05) is 0 Å².